The molecule has 1 aromatic heterocycles. The molecule has 9 nitrogen and oxygen atoms in total. The molecular formula is C25H29N3O6S2. The Morgan fingerprint density at radius 2 is 1.78 bits per heavy atom. The van der Waals surface area contributed by atoms with Crippen LogP contribution in [0.5, 0.6) is 0 Å². The van der Waals surface area contributed by atoms with Crippen LogP contribution in [0.3, 0.4) is 0 Å². The first kappa shape index (κ1) is 26.2. The van der Waals surface area contributed by atoms with Crippen LogP contribution in [0.1, 0.15) is 36.7 Å². The molecule has 0 spiro atoms. The molecule has 2 atom stereocenters. The molecule has 1 aliphatic rings. The lowest BCUT2D eigenvalue weighted by Gasteiger charge is -2.34. The standard InChI is InChI=1S/C25H29N3O6S2/c1-5-33-23(29)15-28-21-11-6-16(2)12-22(21)35-25(28)26-24(30)19-7-9-20(10-8-19)36(31,32)27-13-17(3)34-18(4)14-27/h6-12,17-18H,5,13-15H2,1-4H3/t17-,18-/m0/s1. The second-order valence-electron chi connectivity index (χ2n) is 8.77. The smallest absolute Gasteiger partial charge is 0.326 e. The number of carbonyl (C=O) groups excluding carboxylic acids is 2. The predicted molar refractivity (Wildman–Crippen MR) is 136 cm³/mol. The molecule has 0 saturated carbocycles. The molecule has 2 aromatic carbocycles. The summed E-state index contributed by atoms with van der Waals surface area (Å²) in [6, 6.07) is 11.5. The van der Waals surface area contributed by atoms with Crippen molar-refractivity contribution in [1.82, 2.24) is 8.87 Å². The number of carbonyl (C=O) groups is 2. The van der Waals surface area contributed by atoms with E-state index in [1.807, 2.05) is 39.0 Å². The molecule has 1 saturated heterocycles. The summed E-state index contributed by atoms with van der Waals surface area (Å²) in [5.41, 5.74) is 2.07. The Hall–Kier alpha value is -2.86. The molecule has 4 rings (SSSR count). The third-order valence-corrected chi connectivity index (χ3v) is 8.64. The van der Waals surface area contributed by atoms with E-state index >= 15 is 0 Å². The Balaban J connectivity index is 1.64. The number of aryl methyl sites for hydroxylation is 1. The summed E-state index contributed by atoms with van der Waals surface area (Å²) in [5.74, 6) is -0.957. The van der Waals surface area contributed by atoms with Crippen LogP contribution in [0, 0.1) is 6.92 Å². The van der Waals surface area contributed by atoms with Gasteiger partial charge in [-0.25, -0.2) is 8.42 Å². The highest BCUT2D eigenvalue weighted by atomic mass is 32.2. The van der Waals surface area contributed by atoms with E-state index in [-0.39, 0.29) is 48.9 Å². The highest BCUT2D eigenvalue weighted by Gasteiger charge is 2.32. The van der Waals surface area contributed by atoms with Crippen LogP contribution in [0.4, 0.5) is 0 Å². The maximum absolute atomic E-state index is 13.1. The van der Waals surface area contributed by atoms with E-state index in [9.17, 15) is 18.0 Å². The average molecular weight is 532 g/mol. The van der Waals surface area contributed by atoms with Crippen LogP contribution in [0.25, 0.3) is 10.2 Å². The highest BCUT2D eigenvalue weighted by molar-refractivity contribution is 7.89. The molecule has 0 radical (unpaired) electrons. The van der Waals surface area contributed by atoms with Crippen molar-refractivity contribution >= 4 is 43.5 Å². The number of aromatic nitrogens is 1. The van der Waals surface area contributed by atoms with Crippen LogP contribution >= 0.6 is 11.3 Å². The first-order valence-electron chi connectivity index (χ1n) is 11.7. The quantitative estimate of drug-likeness (QED) is 0.453. The van der Waals surface area contributed by atoms with Gasteiger partial charge in [0.1, 0.15) is 6.54 Å². The number of hydrogen-bond donors (Lipinski definition) is 0. The summed E-state index contributed by atoms with van der Waals surface area (Å²) in [4.78, 5) is 29.9. The van der Waals surface area contributed by atoms with Gasteiger partial charge in [0.2, 0.25) is 10.0 Å². The lowest BCUT2D eigenvalue weighted by atomic mass is 10.2. The van der Waals surface area contributed by atoms with Gasteiger partial charge < -0.3 is 14.0 Å². The normalized spacial score (nSPS) is 19.5. The summed E-state index contributed by atoms with van der Waals surface area (Å²) in [7, 11) is -3.72. The number of rotatable bonds is 6. The van der Waals surface area contributed by atoms with Gasteiger partial charge in [0, 0.05) is 18.7 Å². The van der Waals surface area contributed by atoms with E-state index in [0.29, 0.717) is 4.80 Å². The topological polar surface area (TPSA) is 107 Å². The predicted octanol–water partition coefficient (Wildman–Crippen LogP) is 3.11. The van der Waals surface area contributed by atoms with Gasteiger partial charge >= 0.3 is 5.97 Å². The summed E-state index contributed by atoms with van der Waals surface area (Å²) in [6.45, 7) is 8.10. The molecule has 0 bridgehead atoms. The van der Waals surface area contributed by atoms with E-state index in [0.717, 1.165) is 15.8 Å². The number of benzene rings is 2. The lowest BCUT2D eigenvalue weighted by molar-refractivity contribution is -0.143. The average Bonchev–Trinajstić information content (AvgIpc) is 3.14. The van der Waals surface area contributed by atoms with Crippen molar-refractivity contribution in [2.24, 2.45) is 4.99 Å². The highest BCUT2D eigenvalue weighted by Crippen LogP contribution is 2.22. The monoisotopic (exact) mass is 531 g/mol. The third-order valence-electron chi connectivity index (χ3n) is 5.75. The molecule has 11 heteroatoms. The summed E-state index contributed by atoms with van der Waals surface area (Å²) >= 11 is 1.30. The minimum Gasteiger partial charge on any atom is -0.465 e. The van der Waals surface area contributed by atoms with E-state index in [1.54, 1.807) is 11.5 Å². The van der Waals surface area contributed by atoms with Crippen LogP contribution in [0.2, 0.25) is 0 Å². The summed E-state index contributed by atoms with van der Waals surface area (Å²) in [6.07, 6.45) is -0.399. The van der Waals surface area contributed by atoms with Gasteiger partial charge in [-0.15, -0.1) is 0 Å². The zero-order valence-electron chi connectivity index (χ0n) is 20.6. The Morgan fingerprint density at radius 1 is 1.11 bits per heavy atom. The SMILES string of the molecule is CCOC(=O)Cn1c(=NC(=O)c2ccc(S(=O)(=O)N3C[C@H](C)O[C@@H](C)C3)cc2)sc2cc(C)ccc21. The zero-order chi connectivity index (χ0) is 26.0. The fraction of sp³-hybridized carbons (Fsp3) is 0.400. The van der Waals surface area contributed by atoms with Crippen molar-refractivity contribution in [3.8, 4) is 0 Å². The second-order valence-corrected chi connectivity index (χ2v) is 11.7. The first-order valence-corrected chi connectivity index (χ1v) is 13.9. The number of nitrogens with zero attached hydrogens (tertiary/aromatic N) is 3. The van der Waals surface area contributed by atoms with Crippen LogP contribution in [-0.4, -0.2) is 61.1 Å². The van der Waals surface area contributed by atoms with Gasteiger partial charge in [-0.2, -0.15) is 9.30 Å². The number of esters is 1. The van der Waals surface area contributed by atoms with E-state index in [2.05, 4.69) is 4.99 Å². The maximum atomic E-state index is 13.1. The number of thiazole rings is 1. The molecule has 1 fully saturated rings. The molecule has 192 valence electrons. The van der Waals surface area contributed by atoms with Gasteiger partial charge in [-0.05, 0) is 69.7 Å². The summed E-state index contributed by atoms with van der Waals surface area (Å²) in [5, 5.41) is 0. The first-order chi connectivity index (χ1) is 17.1. The molecule has 2 heterocycles. The molecular weight excluding hydrogens is 502 g/mol. The van der Waals surface area contributed by atoms with Crippen LogP contribution < -0.4 is 4.80 Å². The van der Waals surface area contributed by atoms with Gasteiger partial charge in [-0.1, -0.05) is 17.4 Å². The number of hydrogen-bond acceptors (Lipinski definition) is 7. The Labute approximate surface area is 214 Å². The van der Waals surface area contributed by atoms with Crippen molar-refractivity contribution in [3.05, 3.63) is 58.4 Å². The molecule has 0 aliphatic carbocycles. The lowest BCUT2D eigenvalue weighted by Crippen LogP contribution is -2.48. The van der Waals surface area contributed by atoms with Gasteiger partial charge in [0.05, 0.1) is 33.9 Å². The minimum atomic E-state index is -3.72. The Bertz CT molecular complexity index is 1450. The number of fused-ring (bicyclic) bond motifs is 1. The molecule has 1 amide bonds. The van der Waals surface area contributed by atoms with Crippen molar-refractivity contribution < 1.29 is 27.5 Å². The van der Waals surface area contributed by atoms with Crippen LogP contribution in [0.15, 0.2) is 52.4 Å². The molecule has 1 aliphatic heterocycles. The van der Waals surface area contributed by atoms with E-state index < -0.39 is 21.9 Å². The van der Waals surface area contributed by atoms with Crippen molar-refractivity contribution in [3.63, 3.8) is 0 Å². The zero-order valence-corrected chi connectivity index (χ0v) is 22.3. The molecule has 0 N–H and O–H groups in total. The molecule has 3 aromatic rings. The largest absolute Gasteiger partial charge is 0.465 e. The van der Waals surface area contributed by atoms with Crippen molar-refractivity contribution in [1.29, 1.82) is 0 Å². The minimum absolute atomic E-state index is 0.0728. The van der Waals surface area contributed by atoms with Crippen LogP contribution in [-0.2, 0) is 30.8 Å². The van der Waals surface area contributed by atoms with Gasteiger partial charge in [0.15, 0.2) is 4.80 Å². The second kappa shape index (κ2) is 10.6. The Morgan fingerprint density at radius 3 is 2.42 bits per heavy atom. The maximum Gasteiger partial charge on any atom is 0.326 e. The van der Waals surface area contributed by atoms with Crippen molar-refractivity contribution in [2.75, 3.05) is 19.7 Å². The molecule has 0 unspecified atom stereocenters. The number of sulfonamides is 1. The Kier molecular flexibility index (Phi) is 7.74. The molecule has 36 heavy (non-hydrogen) atoms. The number of morpholine rings is 1. The fourth-order valence-corrected chi connectivity index (χ4v) is 6.87. The summed E-state index contributed by atoms with van der Waals surface area (Å²) < 4.78 is 40.9. The third kappa shape index (κ3) is 5.59. The van der Waals surface area contributed by atoms with Gasteiger partial charge in [0.25, 0.3) is 5.91 Å². The van der Waals surface area contributed by atoms with Gasteiger partial charge in [-0.3, -0.25) is 9.59 Å². The van der Waals surface area contributed by atoms with E-state index in [1.165, 1.54) is 39.9 Å². The number of ether oxygens (including phenoxy) is 2. The fourth-order valence-electron chi connectivity index (χ4n) is 4.15. The van der Waals surface area contributed by atoms with Crippen molar-refractivity contribution in [2.45, 2.75) is 51.3 Å². The number of amides is 1. The van der Waals surface area contributed by atoms with E-state index in [4.69, 9.17) is 9.47 Å².